The summed E-state index contributed by atoms with van der Waals surface area (Å²) >= 11 is 1.76. The quantitative estimate of drug-likeness (QED) is 0.667. The van der Waals surface area contributed by atoms with Gasteiger partial charge in [-0.15, -0.1) is 6.58 Å². The number of rotatable bonds is 3. The van der Waals surface area contributed by atoms with Crippen molar-refractivity contribution in [2.24, 2.45) is 5.73 Å². The molecule has 1 unspecified atom stereocenters. The van der Waals surface area contributed by atoms with Crippen molar-refractivity contribution in [3.63, 3.8) is 0 Å². The summed E-state index contributed by atoms with van der Waals surface area (Å²) in [6.45, 7) is 11.1. The van der Waals surface area contributed by atoms with Crippen LogP contribution in [0.1, 0.15) is 45.1 Å². The van der Waals surface area contributed by atoms with Crippen LogP contribution >= 0.6 is 11.8 Å². The number of pyridine rings is 1. The average molecular weight is 403 g/mol. The standard InChI is InChI=1S/C16H17N3OS.C3H6.C2H6.CH5N/c1-3-15(20)18-12-7-5-4-6-11(12)16-19(2)13-8-9-17-10-14(13)21-16;1-3-2;2*1-2/h4-10,16H,3H2,1-2H3,(H,18,20);3H,1H2,2H3;1-2H3;2H2,1H3. The second-order valence-electron chi connectivity index (χ2n) is 5.32. The molecule has 0 aliphatic carbocycles. The third-order valence-electron chi connectivity index (χ3n) is 3.56. The van der Waals surface area contributed by atoms with Gasteiger partial charge in [-0.05, 0) is 26.1 Å². The van der Waals surface area contributed by atoms with Crippen LogP contribution in [0.2, 0.25) is 0 Å². The van der Waals surface area contributed by atoms with E-state index in [4.69, 9.17) is 0 Å². The molecule has 3 rings (SSSR count). The minimum Gasteiger partial charge on any atom is -0.357 e. The molecular formula is C22H34N4OS. The first-order valence-corrected chi connectivity index (χ1v) is 10.4. The number of hydrogen-bond acceptors (Lipinski definition) is 5. The Bertz CT molecular complexity index is 721. The Morgan fingerprint density at radius 3 is 2.50 bits per heavy atom. The Morgan fingerprint density at radius 1 is 1.32 bits per heavy atom. The van der Waals surface area contributed by atoms with E-state index in [9.17, 15) is 4.79 Å². The normalized spacial score (nSPS) is 13.4. The Kier molecular flexibility index (Phi) is 13.5. The molecule has 1 amide bonds. The van der Waals surface area contributed by atoms with Gasteiger partial charge in [0.25, 0.3) is 0 Å². The Hall–Kier alpha value is -2.31. The van der Waals surface area contributed by atoms with Gasteiger partial charge in [-0.25, -0.2) is 0 Å². The average Bonchev–Trinajstić information content (AvgIpc) is 3.08. The van der Waals surface area contributed by atoms with Gasteiger partial charge in [0.2, 0.25) is 5.91 Å². The molecule has 0 radical (unpaired) electrons. The number of nitrogens with two attached hydrogens (primary N) is 1. The number of carbonyl (C=O) groups excluding carboxylic acids is 1. The summed E-state index contributed by atoms with van der Waals surface area (Å²) in [6, 6.07) is 10.0. The van der Waals surface area contributed by atoms with Crippen LogP contribution in [0.4, 0.5) is 11.4 Å². The number of fused-ring (bicyclic) bond motifs is 1. The van der Waals surface area contributed by atoms with Gasteiger partial charge in [0.15, 0.2) is 0 Å². The zero-order valence-electron chi connectivity index (χ0n) is 17.9. The Morgan fingerprint density at radius 2 is 1.93 bits per heavy atom. The lowest BCUT2D eigenvalue weighted by molar-refractivity contribution is -0.115. The molecule has 0 fully saturated rings. The van der Waals surface area contributed by atoms with Crippen LogP contribution in [0.5, 0.6) is 0 Å². The number of para-hydroxylation sites is 1. The molecule has 1 atom stereocenters. The van der Waals surface area contributed by atoms with E-state index in [0.717, 1.165) is 11.3 Å². The molecule has 3 N–H and O–H groups in total. The highest BCUT2D eigenvalue weighted by atomic mass is 32.2. The predicted octanol–water partition coefficient (Wildman–Crippen LogP) is 5.46. The SMILES string of the molecule is C=CC.CC.CCC(=O)Nc1ccccc1C1Sc2cnccc2N1C.CN. The summed E-state index contributed by atoms with van der Waals surface area (Å²) in [7, 11) is 3.57. The van der Waals surface area contributed by atoms with Gasteiger partial charge in [0.1, 0.15) is 5.37 Å². The molecule has 0 bridgehead atoms. The molecule has 6 heteroatoms. The van der Waals surface area contributed by atoms with Crippen molar-refractivity contribution >= 4 is 29.0 Å². The number of nitrogens with one attached hydrogen (secondary N) is 1. The van der Waals surface area contributed by atoms with Crippen LogP contribution in [-0.4, -0.2) is 25.0 Å². The van der Waals surface area contributed by atoms with Gasteiger partial charge in [-0.2, -0.15) is 0 Å². The fourth-order valence-electron chi connectivity index (χ4n) is 2.42. The first kappa shape index (κ1) is 25.7. The summed E-state index contributed by atoms with van der Waals surface area (Å²) in [5.41, 5.74) is 7.68. The summed E-state index contributed by atoms with van der Waals surface area (Å²) in [4.78, 5) is 19.3. The first-order chi connectivity index (χ1) is 13.6. The zero-order valence-corrected chi connectivity index (χ0v) is 18.7. The van der Waals surface area contributed by atoms with Gasteiger partial charge in [-0.3, -0.25) is 9.78 Å². The summed E-state index contributed by atoms with van der Waals surface area (Å²) < 4.78 is 0. The molecule has 154 valence electrons. The molecule has 28 heavy (non-hydrogen) atoms. The van der Waals surface area contributed by atoms with Crippen LogP contribution in [0, 0.1) is 0 Å². The number of carbonyl (C=O) groups is 1. The van der Waals surface area contributed by atoms with Crippen molar-refractivity contribution in [1.29, 1.82) is 0 Å². The van der Waals surface area contributed by atoms with E-state index in [0.29, 0.717) is 6.42 Å². The van der Waals surface area contributed by atoms with Gasteiger partial charge in [-0.1, -0.05) is 56.8 Å². The molecule has 2 heterocycles. The van der Waals surface area contributed by atoms with E-state index in [1.807, 2.05) is 64.4 Å². The molecular weight excluding hydrogens is 368 g/mol. The van der Waals surface area contributed by atoms with Crippen LogP contribution in [0.3, 0.4) is 0 Å². The van der Waals surface area contributed by atoms with E-state index in [1.54, 1.807) is 17.8 Å². The molecule has 1 aromatic carbocycles. The Labute approximate surface area is 174 Å². The number of nitrogens with zero attached hydrogens (tertiary/aromatic N) is 2. The number of aromatic nitrogens is 1. The number of benzene rings is 1. The maximum absolute atomic E-state index is 11.7. The smallest absolute Gasteiger partial charge is 0.224 e. The molecule has 0 saturated carbocycles. The third kappa shape index (κ3) is 7.02. The lowest BCUT2D eigenvalue weighted by atomic mass is 10.1. The lowest BCUT2D eigenvalue weighted by Gasteiger charge is -2.24. The van der Waals surface area contributed by atoms with Crippen LogP contribution in [0.25, 0.3) is 0 Å². The van der Waals surface area contributed by atoms with Crippen LogP contribution in [-0.2, 0) is 4.79 Å². The molecule has 0 spiro atoms. The molecule has 5 nitrogen and oxygen atoms in total. The van der Waals surface area contributed by atoms with Crippen molar-refractivity contribution in [1.82, 2.24) is 4.98 Å². The van der Waals surface area contributed by atoms with Crippen molar-refractivity contribution in [3.8, 4) is 0 Å². The highest BCUT2D eigenvalue weighted by Crippen LogP contribution is 2.51. The van der Waals surface area contributed by atoms with Crippen LogP contribution in [0.15, 0.2) is 60.3 Å². The maximum Gasteiger partial charge on any atom is 0.224 e. The maximum atomic E-state index is 11.7. The van der Waals surface area contributed by atoms with Crippen LogP contribution < -0.4 is 16.0 Å². The van der Waals surface area contributed by atoms with Crippen molar-refractivity contribution in [3.05, 3.63) is 60.9 Å². The Balaban J connectivity index is 0.000000930. The van der Waals surface area contributed by atoms with E-state index in [-0.39, 0.29) is 11.3 Å². The molecule has 1 aromatic heterocycles. The predicted molar refractivity (Wildman–Crippen MR) is 124 cm³/mol. The lowest BCUT2D eigenvalue weighted by Crippen LogP contribution is -2.19. The van der Waals surface area contributed by atoms with Gasteiger partial charge in [0, 0.05) is 37.1 Å². The number of thioether (sulfide) groups is 1. The molecule has 0 saturated heterocycles. The van der Waals surface area contributed by atoms with Crippen molar-refractivity contribution in [2.75, 3.05) is 24.3 Å². The fraction of sp³-hybridized carbons (Fsp3) is 0.364. The second kappa shape index (κ2) is 14.7. The van der Waals surface area contributed by atoms with Crippen molar-refractivity contribution < 1.29 is 4.79 Å². The summed E-state index contributed by atoms with van der Waals surface area (Å²) in [6.07, 6.45) is 5.93. The molecule has 1 aliphatic rings. The topological polar surface area (TPSA) is 71.2 Å². The monoisotopic (exact) mass is 402 g/mol. The zero-order chi connectivity index (χ0) is 21.5. The largest absolute Gasteiger partial charge is 0.357 e. The minimum atomic E-state index is 0.0345. The molecule has 2 aromatic rings. The summed E-state index contributed by atoms with van der Waals surface area (Å²) in [5.74, 6) is 0.0345. The van der Waals surface area contributed by atoms with Gasteiger partial charge >= 0.3 is 0 Å². The summed E-state index contributed by atoms with van der Waals surface area (Å²) in [5, 5.41) is 3.14. The first-order valence-electron chi connectivity index (χ1n) is 9.49. The molecule has 1 aliphatic heterocycles. The number of hydrogen-bond donors (Lipinski definition) is 2. The highest BCUT2D eigenvalue weighted by molar-refractivity contribution is 8.00. The highest BCUT2D eigenvalue weighted by Gasteiger charge is 2.30. The van der Waals surface area contributed by atoms with Gasteiger partial charge in [0.05, 0.1) is 10.6 Å². The second-order valence-corrected chi connectivity index (χ2v) is 6.44. The van der Waals surface area contributed by atoms with E-state index >= 15 is 0 Å². The number of amides is 1. The van der Waals surface area contributed by atoms with E-state index in [1.165, 1.54) is 17.6 Å². The van der Waals surface area contributed by atoms with Gasteiger partial charge < -0.3 is 16.0 Å². The van der Waals surface area contributed by atoms with E-state index in [2.05, 4.69) is 40.6 Å². The fourth-order valence-corrected chi connectivity index (χ4v) is 3.72. The van der Waals surface area contributed by atoms with Crippen molar-refractivity contribution in [2.45, 2.75) is 44.4 Å². The number of allylic oxidation sites excluding steroid dienone is 1. The number of anilines is 2. The third-order valence-corrected chi connectivity index (χ3v) is 4.92. The van der Waals surface area contributed by atoms with E-state index < -0.39 is 0 Å². The minimum absolute atomic E-state index is 0.0345.